The number of aromatic nitrogens is 1. The van der Waals surface area contributed by atoms with Gasteiger partial charge >= 0.3 is 6.09 Å². The van der Waals surface area contributed by atoms with E-state index >= 15 is 0 Å². The van der Waals surface area contributed by atoms with E-state index in [4.69, 9.17) is 27.9 Å². The molecule has 0 saturated carbocycles. The van der Waals surface area contributed by atoms with Crippen LogP contribution in [0, 0.1) is 11.6 Å². The first kappa shape index (κ1) is 24.5. The van der Waals surface area contributed by atoms with Gasteiger partial charge in [-0.15, -0.1) is 0 Å². The summed E-state index contributed by atoms with van der Waals surface area (Å²) in [6.07, 6.45) is 0.172. The highest BCUT2D eigenvalue weighted by molar-refractivity contribution is 6.44. The number of carbonyl (C=O) groups is 3. The van der Waals surface area contributed by atoms with Crippen molar-refractivity contribution in [1.29, 1.82) is 0 Å². The van der Waals surface area contributed by atoms with Crippen molar-refractivity contribution in [2.45, 2.75) is 39.3 Å². The molecule has 7 nitrogen and oxygen atoms in total. The molecule has 1 heterocycles. The average molecular weight is 474 g/mol. The van der Waals surface area contributed by atoms with E-state index in [1.807, 2.05) is 0 Å². The van der Waals surface area contributed by atoms with Crippen molar-refractivity contribution in [3.63, 3.8) is 0 Å². The Morgan fingerprint density at radius 3 is 2.23 bits per heavy atom. The van der Waals surface area contributed by atoms with E-state index in [2.05, 4.69) is 15.6 Å². The second kappa shape index (κ2) is 9.57. The number of ether oxygens (including phenoxy) is 1. The topological polar surface area (TPSA) is 97.4 Å². The Bertz CT molecular complexity index is 1020. The van der Waals surface area contributed by atoms with Crippen LogP contribution in [-0.4, -0.2) is 34.4 Å². The van der Waals surface area contributed by atoms with Crippen molar-refractivity contribution in [3.8, 4) is 0 Å². The number of hydrogen-bond donors (Lipinski definition) is 2. The highest BCUT2D eigenvalue weighted by Gasteiger charge is 2.28. The van der Waals surface area contributed by atoms with Crippen LogP contribution in [0.15, 0.2) is 24.4 Å². The lowest BCUT2D eigenvalue weighted by atomic mass is 10.0. The zero-order valence-corrected chi connectivity index (χ0v) is 18.5. The van der Waals surface area contributed by atoms with Gasteiger partial charge in [0.1, 0.15) is 28.4 Å². The molecule has 0 spiro atoms. The lowest BCUT2D eigenvalue weighted by Crippen LogP contribution is -2.44. The highest BCUT2D eigenvalue weighted by Crippen LogP contribution is 2.32. The monoisotopic (exact) mass is 473 g/mol. The lowest BCUT2D eigenvalue weighted by molar-refractivity contribution is -0.117. The molecule has 0 radical (unpaired) electrons. The summed E-state index contributed by atoms with van der Waals surface area (Å²) in [5, 5.41) is 3.97. The summed E-state index contributed by atoms with van der Waals surface area (Å²) in [6, 6.07) is 1.79. The maximum atomic E-state index is 14.1. The molecule has 0 fully saturated rings. The number of nitrogens with one attached hydrogen (secondary N) is 2. The Hall–Kier alpha value is -2.78. The Labute approximate surface area is 187 Å². The molecular weight excluding hydrogens is 455 g/mol. The summed E-state index contributed by atoms with van der Waals surface area (Å²) < 4.78 is 33.3. The van der Waals surface area contributed by atoms with Gasteiger partial charge < -0.3 is 15.4 Å². The normalized spacial score (nSPS) is 12.1. The summed E-state index contributed by atoms with van der Waals surface area (Å²) in [4.78, 5) is 41.0. The fraction of sp³-hybridized carbons (Fsp3) is 0.300. The average Bonchev–Trinajstić information content (AvgIpc) is 2.62. The maximum Gasteiger partial charge on any atom is 0.408 e. The number of nitrogens with zero attached hydrogens (tertiary/aromatic N) is 1. The van der Waals surface area contributed by atoms with Gasteiger partial charge in [0.25, 0.3) is 0 Å². The van der Waals surface area contributed by atoms with Gasteiger partial charge in [0.2, 0.25) is 11.7 Å². The number of pyridine rings is 1. The fourth-order valence-electron chi connectivity index (χ4n) is 2.41. The standard InChI is InChI=1S/C20H19Cl2F2N3O4/c1-9(26-19(30)31-20(2,3)4)18(29)27-12-8-25-17(22)15(21)14(12)16(28)13-10(23)6-5-7-11(13)24/h5-9H,1-4H3,(H,26,30)(H,27,29)/t9-/m0/s1. The molecule has 2 rings (SSSR count). The van der Waals surface area contributed by atoms with E-state index in [1.54, 1.807) is 20.8 Å². The van der Waals surface area contributed by atoms with Gasteiger partial charge in [-0.3, -0.25) is 9.59 Å². The van der Waals surface area contributed by atoms with Crippen molar-refractivity contribution >= 4 is 46.7 Å². The molecule has 0 aliphatic heterocycles. The molecule has 31 heavy (non-hydrogen) atoms. The van der Waals surface area contributed by atoms with Gasteiger partial charge in [0.15, 0.2) is 0 Å². The van der Waals surface area contributed by atoms with Crippen LogP contribution in [0.2, 0.25) is 10.2 Å². The van der Waals surface area contributed by atoms with Crippen molar-refractivity contribution in [2.24, 2.45) is 0 Å². The zero-order valence-electron chi connectivity index (χ0n) is 17.0. The molecule has 0 aliphatic rings. The predicted octanol–water partition coefficient (Wildman–Crippen LogP) is 4.75. The molecule has 11 heteroatoms. The Morgan fingerprint density at radius 2 is 1.68 bits per heavy atom. The molecule has 0 unspecified atom stereocenters. The minimum Gasteiger partial charge on any atom is -0.444 e. The fourth-order valence-corrected chi connectivity index (χ4v) is 2.79. The summed E-state index contributed by atoms with van der Waals surface area (Å²) in [5.74, 6) is -4.15. The molecule has 0 bridgehead atoms. The van der Waals surface area contributed by atoms with E-state index in [0.717, 1.165) is 24.4 Å². The number of ketones is 1. The number of rotatable bonds is 5. The smallest absolute Gasteiger partial charge is 0.408 e. The van der Waals surface area contributed by atoms with E-state index in [0.29, 0.717) is 0 Å². The lowest BCUT2D eigenvalue weighted by Gasteiger charge is -2.22. The summed E-state index contributed by atoms with van der Waals surface area (Å²) >= 11 is 11.9. The van der Waals surface area contributed by atoms with Gasteiger partial charge in [-0.05, 0) is 39.8 Å². The minimum absolute atomic E-state index is 0.245. The van der Waals surface area contributed by atoms with Crippen LogP contribution in [0.5, 0.6) is 0 Å². The first-order chi connectivity index (χ1) is 14.3. The van der Waals surface area contributed by atoms with Crippen LogP contribution in [0.3, 0.4) is 0 Å². The van der Waals surface area contributed by atoms with E-state index in [1.165, 1.54) is 6.92 Å². The molecule has 0 saturated heterocycles. The van der Waals surface area contributed by atoms with Gasteiger partial charge in [-0.25, -0.2) is 18.6 Å². The molecular formula is C20H19Cl2F2N3O4. The number of amides is 2. The van der Waals surface area contributed by atoms with Crippen molar-refractivity contribution in [1.82, 2.24) is 10.3 Å². The van der Waals surface area contributed by atoms with Crippen LogP contribution in [0.4, 0.5) is 19.3 Å². The van der Waals surface area contributed by atoms with Crippen LogP contribution < -0.4 is 10.6 Å². The molecule has 2 aromatic rings. The number of halogens is 4. The summed E-state index contributed by atoms with van der Waals surface area (Å²) in [7, 11) is 0. The Morgan fingerprint density at radius 1 is 1.10 bits per heavy atom. The summed E-state index contributed by atoms with van der Waals surface area (Å²) in [6.45, 7) is 6.32. The number of carbonyl (C=O) groups excluding carboxylic acids is 3. The van der Waals surface area contributed by atoms with Crippen molar-refractivity contribution < 1.29 is 27.9 Å². The Kier molecular flexibility index (Phi) is 7.56. The molecule has 2 amide bonds. The number of hydrogen-bond acceptors (Lipinski definition) is 5. The largest absolute Gasteiger partial charge is 0.444 e. The Balaban J connectivity index is 2.34. The van der Waals surface area contributed by atoms with Crippen LogP contribution in [0.1, 0.15) is 43.6 Å². The number of anilines is 1. The number of benzene rings is 1. The first-order valence-electron chi connectivity index (χ1n) is 8.95. The van der Waals surface area contributed by atoms with Gasteiger partial charge in [0, 0.05) is 0 Å². The SMILES string of the molecule is C[C@H](NC(=O)OC(C)(C)C)C(=O)Nc1cnc(Cl)c(Cl)c1C(=O)c1c(F)cccc1F. The van der Waals surface area contributed by atoms with Crippen molar-refractivity contribution in [3.05, 3.63) is 57.3 Å². The van der Waals surface area contributed by atoms with Crippen LogP contribution >= 0.6 is 23.2 Å². The van der Waals surface area contributed by atoms with Gasteiger partial charge in [-0.1, -0.05) is 29.3 Å². The second-order valence-electron chi connectivity index (χ2n) is 7.43. The third-order valence-electron chi connectivity index (χ3n) is 3.78. The van der Waals surface area contributed by atoms with E-state index in [-0.39, 0.29) is 10.8 Å². The highest BCUT2D eigenvalue weighted by atomic mass is 35.5. The van der Waals surface area contributed by atoms with E-state index in [9.17, 15) is 23.2 Å². The first-order valence-corrected chi connectivity index (χ1v) is 9.70. The molecule has 1 aromatic carbocycles. The van der Waals surface area contributed by atoms with Gasteiger partial charge in [0.05, 0.1) is 28.0 Å². The van der Waals surface area contributed by atoms with Crippen molar-refractivity contribution in [2.75, 3.05) is 5.32 Å². The third kappa shape index (κ3) is 6.11. The van der Waals surface area contributed by atoms with Gasteiger partial charge in [-0.2, -0.15) is 0 Å². The van der Waals surface area contributed by atoms with E-state index < -0.39 is 57.2 Å². The van der Waals surface area contributed by atoms with Crippen LogP contribution in [-0.2, 0) is 9.53 Å². The molecule has 0 aliphatic carbocycles. The predicted molar refractivity (Wildman–Crippen MR) is 112 cm³/mol. The molecule has 2 N–H and O–H groups in total. The summed E-state index contributed by atoms with van der Waals surface area (Å²) in [5.41, 5.74) is -2.35. The maximum absolute atomic E-state index is 14.1. The molecule has 166 valence electrons. The quantitative estimate of drug-likeness (QED) is 0.482. The molecule has 1 atom stereocenters. The molecule has 1 aromatic heterocycles. The second-order valence-corrected chi connectivity index (χ2v) is 8.17. The van der Waals surface area contributed by atoms with Crippen LogP contribution in [0.25, 0.3) is 0 Å². The third-order valence-corrected chi connectivity index (χ3v) is 4.53. The zero-order chi connectivity index (χ0) is 23.5. The minimum atomic E-state index is -1.15. The number of alkyl carbamates (subject to hydrolysis) is 1.